The van der Waals surface area contributed by atoms with Crippen LogP contribution in [0.3, 0.4) is 0 Å². The van der Waals surface area contributed by atoms with Gasteiger partial charge in [-0.15, -0.1) is 0 Å². The summed E-state index contributed by atoms with van der Waals surface area (Å²) in [4.78, 5) is 14.0. The fourth-order valence-corrected chi connectivity index (χ4v) is 2.73. The lowest BCUT2D eigenvalue weighted by molar-refractivity contribution is 0.0758. The Hall–Kier alpha value is -1.36. The molecule has 5 heteroatoms. The minimum atomic E-state index is -0.367. The van der Waals surface area contributed by atoms with E-state index >= 15 is 0 Å². The molecule has 0 spiro atoms. The Kier molecular flexibility index (Phi) is 2.63. The van der Waals surface area contributed by atoms with Gasteiger partial charge in [-0.1, -0.05) is 0 Å². The average Bonchev–Trinajstić information content (AvgIpc) is 2.94. The van der Waals surface area contributed by atoms with Gasteiger partial charge in [0.25, 0.3) is 5.91 Å². The molecule has 0 bridgehead atoms. The van der Waals surface area contributed by atoms with E-state index in [0.29, 0.717) is 25.2 Å². The van der Waals surface area contributed by atoms with Gasteiger partial charge >= 0.3 is 0 Å². The standard InChI is InChI=1S/C12H17N3O2/c16-8-5-6-15(7-8)12(17)11-9-3-1-2-4-10(9)13-14-11/h8,16H,1-7H2,(H,13,14)/t8-/m1/s1. The van der Waals surface area contributed by atoms with Crippen molar-refractivity contribution in [2.45, 2.75) is 38.2 Å². The number of aryl methyl sites for hydroxylation is 1. The zero-order valence-electron chi connectivity index (χ0n) is 9.78. The van der Waals surface area contributed by atoms with E-state index in [2.05, 4.69) is 10.2 Å². The molecule has 1 aliphatic carbocycles. The summed E-state index contributed by atoms with van der Waals surface area (Å²) in [5.41, 5.74) is 2.80. The van der Waals surface area contributed by atoms with Crippen LogP contribution < -0.4 is 0 Å². The smallest absolute Gasteiger partial charge is 0.274 e. The Morgan fingerprint density at radius 3 is 3.00 bits per heavy atom. The van der Waals surface area contributed by atoms with Crippen LogP contribution in [0.2, 0.25) is 0 Å². The Bertz CT molecular complexity index is 441. The minimum Gasteiger partial charge on any atom is -0.391 e. The van der Waals surface area contributed by atoms with E-state index in [1.165, 1.54) is 6.42 Å². The van der Waals surface area contributed by atoms with Crippen molar-refractivity contribution in [3.63, 3.8) is 0 Å². The number of hydrogen-bond acceptors (Lipinski definition) is 3. The van der Waals surface area contributed by atoms with Gasteiger partial charge in [0, 0.05) is 24.3 Å². The van der Waals surface area contributed by atoms with E-state index in [-0.39, 0.29) is 12.0 Å². The maximum Gasteiger partial charge on any atom is 0.274 e. The minimum absolute atomic E-state index is 0.0269. The van der Waals surface area contributed by atoms with E-state index in [0.717, 1.165) is 30.5 Å². The van der Waals surface area contributed by atoms with Crippen LogP contribution >= 0.6 is 0 Å². The highest BCUT2D eigenvalue weighted by Crippen LogP contribution is 2.24. The molecule has 2 heterocycles. The topological polar surface area (TPSA) is 69.2 Å². The summed E-state index contributed by atoms with van der Waals surface area (Å²) in [7, 11) is 0. The van der Waals surface area contributed by atoms with Crippen LogP contribution in [-0.4, -0.2) is 45.3 Å². The average molecular weight is 235 g/mol. The number of β-amino-alcohol motifs (C(OH)–C–C–N with tert-alkyl or cyclic N) is 1. The first kappa shape index (κ1) is 10.8. The first-order valence-electron chi connectivity index (χ1n) is 6.29. The van der Waals surface area contributed by atoms with Gasteiger partial charge in [0.2, 0.25) is 0 Å². The van der Waals surface area contributed by atoms with Crippen molar-refractivity contribution in [1.29, 1.82) is 0 Å². The number of H-pyrrole nitrogens is 1. The van der Waals surface area contributed by atoms with E-state index in [9.17, 15) is 9.90 Å². The third kappa shape index (κ3) is 1.84. The van der Waals surface area contributed by atoms with Crippen molar-refractivity contribution in [2.24, 2.45) is 0 Å². The molecule has 0 radical (unpaired) electrons. The van der Waals surface area contributed by atoms with Crippen LogP contribution in [0, 0.1) is 0 Å². The molecule has 2 aliphatic rings. The quantitative estimate of drug-likeness (QED) is 0.744. The van der Waals surface area contributed by atoms with Gasteiger partial charge in [-0.25, -0.2) is 0 Å². The number of amides is 1. The summed E-state index contributed by atoms with van der Waals surface area (Å²) in [6, 6.07) is 0. The van der Waals surface area contributed by atoms with Crippen LogP contribution in [0.4, 0.5) is 0 Å². The van der Waals surface area contributed by atoms with Crippen molar-refractivity contribution >= 4 is 5.91 Å². The Labute approximate surface area is 99.8 Å². The van der Waals surface area contributed by atoms with Gasteiger partial charge < -0.3 is 10.0 Å². The number of nitrogens with one attached hydrogen (secondary N) is 1. The molecule has 0 saturated carbocycles. The Morgan fingerprint density at radius 1 is 1.41 bits per heavy atom. The van der Waals surface area contributed by atoms with Crippen molar-refractivity contribution in [3.8, 4) is 0 Å². The maximum absolute atomic E-state index is 12.3. The second kappa shape index (κ2) is 4.14. The zero-order chi connectivity index (χ0) is 11.8. The number of aliphatic hydroxyl groups is 1. The highest BCUT2D eigenvalue weighted by atomic mass is 16.3. The number of aromatic nitrogens is 2. The zero-order valence-corrected chi connectivity index (χ0v) is 9.78. The molecule has 1 aromatic rings. The molecule has 2 N–H and O–H groups in total. The third-order valence-electron chi connectivity index (χ3n) is 3.71. The molecule has 1 saturated heterocycles. The van der Waals surface area contributed by atoms with Crippen molar-refractivity contribution in [1.82, 2.24) is 15.1 Å². The molecular formula is C12H17N3O2. The van der Waals surface area contributed by atoms with E-state index in [1.54, 1.807) is 4.90 Å². The van der Waals surface area contributed by atoms with Crippen LogP contribution in [0.25, 0.3) is 0 Å². The van der Waals surface area contributed by atoms with Crippen molar-refractivity contribution in [3.05, 3.63) is 17.0 Å². The molecule has 1 amide bonds. The molecule has 17 heavy (non-hydrogen) atoms. The molecular weight excluding hydrogens is 218 g/mol. The Morgan fingerprint density at radius 2 is 2.24 bits per heavy atom. The van der Waals surface area contributed by atoms with Gasteiger partial charge in [0.15, 0.2) is 5.69 Å². The number of aromatic amines is 1. The van der Waals surface area contributed by atoms with Gasteiger partial charge in [-0.3, -0.25) is 9.89 Å². The molecule has 0 unspecified atom stereocenters. The van der Waals surface area contributed by atoms with Crippen LogP contribution in [0.5, 0.6) is 0 Å². The monoisotopic (exact) mass is 235 g/mol. The predicted molar refractivity (Wildman–Crippen MR) is 61.8 cm³/mol. The maximum atomic E-state index is 12.3. The summed E-state index contributed by atoms with van der Waals surface area (Å²) in [5.74, 6) is -0.0269. The van der Waals surface area contributed by atoms with Crippen LogP contribution in [0.1, 0.15) is 41.0 Å². The number of likely N-dealkylation sites (tertiary alicyclic amines) is 1. The van der Waals surface area contributed by atoms with E-state index < -0.39 is 0 Å². The molecule has 5 nitrogen and oxygen atoms in total. The van der Waals surface area contributed by atoms with Crippen molar-refractivity contribution in [2.75, 3.05) is 13.1 Å². The third-order valence-corrected chi connectivity index (χ3v) is 3.71. The highest BCUT2D eigenvalue weighted by Gasteiger charge is 2.29. The molecule has 3 rings (SSSR count). The first-order chi connectivity index (χ1) is 8.25. The van der Waals surface area contributed by atoms with Crippen LogP contribution in [-0.2, 0) is 12.8 Å². The highest BCUT2D eigenvalue weighted by molar-refractivity contribution is 5.94. The Balaban J connectivity index is 1.84. The van der Waals surface area contributed by atoms with E-state index in [4.69, 9.17) is 0 Å². The van der Waals surface area contributed by atoms with Gasteiger partial charge in [0.05, 0.1) is 6.10 Å². The summed E-state index contributed by atoms with van der Waals surface area (Å²) >= 11 is 0. The summed E-state index contributed by atoms with van der Waals surface area (Å²) < 4.78 is 0. The number of carbonyl (C=O) groups is 1. The lowest BCUT2D eigenvalue weighted by Crippen LogP contribution is -2.30. The molecule has 1 atom stereocenters. The fourth-order valence-electron chi connectivity index (χ4n) is 2.73. The number of hydrogen-bond donors (Lipinski definition) is 2. The molecule has 1 aromatic heterocycles. The number of rotatable bonds is 1. The number of carbonyl (C=O) groups excluding carboxylic acids is 1. The van der Waals surface area contributed by atoms with Gasteiger partial charge in [0.1, 0.15) is 0 Å². The molecule has 1 aliphatic heterocycles. The normalized spacial score (nSPS) is 23.8. The fraction of sp³-hybridized carbons (Fsp3) is 0.667. The summed E-state index contributed by atoms with van der Waals surface area (Å²) in [5, 5.41) is 16.6. The number of aliphatic hydroxyl groups excluding tert-OH is 1. The SMILES string of the molecule is O=C(c1n[nH]c2c1CCCC2)N1CC[C@@H](O)C1. The van der Waals surface area contributed by atoms with Gasteiger partial charge in [-0.05, 0) is 32.1 Å². The van der Waals surface area contributed by atoms with E-state index in [1.807, 2.05) is 0 Å². The lowest BCUT2D eigenvalue weighted by Gasteiger charge is -2.16. The van der Waals surface area contributed by atoms with Crippen molar-refractivity contribution < 1.29 is 9.90 Å². The van der Waals surface area contributed by atoms with Gasteiger partial charge in [-0.2, -0.15) is 5.10 Å². The summed E-state index contributed by atoms with van der Waals surface area (Å²) in [6.07, 6.45) is 4.56. The molecule has 92 valence electrons. The number of nitrogens with zero attached hydrogens (tertiary/aromatic N) is 2. The first-order valence-corrected chi connectivity index (χ1v) is 6.29. The number of fused-ring (bicyclic) bond motifs is 1. The lowest BCUT2D eigenvalue weighted by atomic mass is 9.95. The second-order valence-corrected chi connectivity index (χ2v) is 4.93. The molecule has 1 fully saturated rings. The predicted octanol–water partition coefficient (Wildman–Crippen LogP) is 0.495. The molecule has 0 aromatic carbocycles. The van der Waals surface area contributed by atoms with Crippen LogP contribution in [0.15, 0.2) is 0 Å². The second-order valence-electron chi connectivity index (χ2n) is 4.93. The largest absolute Gasteiger partial charge is 0.391 e. The summed E-state index contributed by atoms with van der Waals surface area (Å²) in [6.45, 7) is 1.09.